The highest BCUT2D eigenvalue weighted by atomic mass is 35.5. The summed E-state index contributed by atoms with van der Waals surface area (Å²) in [5.74, 6) is 0.122. The Morgan fingerprint density at radius 3 is 2.89 bits per heavy atom. The Balaban J connectivity index is 2.32. The number of nitro groups is 1. The first kappa shape index (κ1) is 13.8. The Hall–Kier alpha value is -1.62. The van der Waals surface area contributed by atoms with Gasteiger partial charge in [0.25, 0.3) is 11.6 Å². The van der Waals surface area contributed by atoms with E-state index in [1.807, 2.05) is 0 Å². The summed E-state index contributed by atoms with van der Waals surface area (Å²) in [6, 6.07) is 4.08. The molecule has 0 unspecified atom stereocenters. The van der Waals surface area contributed by atoms with Gasteiger partial charge in [0.1, 0.15) is 5.56 Å². The second kappa shape index (κ2) is 5.57. The second-order valence-electron chi connectivity index (χ2n) is 4.92. The molecule has 1 fully saturated rings. The molecule has 5 nitrogen and oxygen atoms in total. The van der Waals surface area contributed by atoms with E-state index in [0.717, 1.165) is 12.8 Å². The fraction of sp³-hybridized carbons (Fsp3) is 0.462. The molecular formula is C13H15ClN2O3. The van der Waals surface area contributed by atoms with Crippen LogP contribution in [0.15, 0.2) is 18.2 Å². The molecule has 6 heteroatoms. The molecule has 0 radical (unpaired) electrons. The molecule has 1 amide bonds. The molecule has 1 aromatic carbocycles. The zero-order chi connectivity index (χ0) is 14.0. The molecule has 1 atom stereocenters. The van der Waals surface area contributed by atoms with E-state index in [-0.39, 0.29) is 17.2 Å². The predicted octanol–water partition coefficient (Wildman–Crippen LogP) is 3.12. The maximum Gasteiger partial charge on any atom is 0.282 e. The van der Waals surface area contributed by atoms with Gasteiger partial charge in [0.05, 0.1) is 4.92 Å². The predicted molar refractivity (Wildman–Crippen MR) is 72.4 cm³/mol. The first-order chi connectivity index (χ1) is 8.99. The van der Waals surface area contributed by atoms with Gasteiger partial charge in [-0.1, -0.05) is 18.5 Å². The maximum atomic E-state index is 12.4. The number of benzene rings is 1. The highest BCUT2D eigenvalue weighted by Crippen LogP contribution is 2.26. The summed E-state index contributed by atoms with van der Waals surface area (Å²) < 4.78 is 0. The van der Waals surface area contributed by atoms with Crippen LogP contribution >= 0.6 is 11.6 Å². The smallest absolute Gasteiger partial charge is 0.282 e. The first-order valence-electron chi connectivity index (χ1n) is 6.22. The monoisotopic (exact) mass is 282 g/mol. The van der Waals surface area contributed by atoms with Crippen molar-refractivity contribution in [1.82, 2.24) is 4.90 Å². The van der Waals surface area contributed by atoms with Crippen LogP contribution in [0.2, 0.25) is 5.02 Å². The third-order valence-corrected chi connectivity index (χ3v) is 3.57. The molecule has 2 rings (SSSR count). The molecule has 0 aliphatic carbocycles. The summed E-state index contributed by atoms with van der Waals surface area (Å²) >= 11 is 5.84. The number of carbonyl (C=O) groups excluding carboxylic acids is 1. The van der Waals surface area contributed by atoms with Gasteiger partial charge < -0.3 is 4.90 Å². The number of amides is 1. The molecule has 1 aromatic rings. The molecule has 0 bridgehead atoms. The molecule has 1 aliphatic rings. The SMILES string of the molecule is C[C@@H]1CCCN(C(=O)c2cc(Cl)ccc2[N+](=O)[O-])C1. The molecule has 0 spiro atoms. The lowest BCUT2D eigenvalue weighted by Crippen LogP contribution is -2.39. The van der Waals surface area contributed by atoms with Gasteiger partial charge in [0.15, 0.2) is 0 Å². The average Bonchev–Trinajstić information content (AvgIpc) is 2.37. The molecule has 1 saturated heterocycles. The summed E-state index contributed by atoms with van der Waals surface area (Å²) in [5, 5.41) is 11.3. The van der Waals surface area contributed by atoms with Gasteiger partial charge >= 0.3 is 0 Å². The van der Waals surface area contributed by atoms with Crippen LogP contribution in [0.25, 0.3) is 0 Å². The third kappa shape index (κ3) is 3.04. The minimum atomic E-state index is -0.545. The van der Waals surface area contributed by atoms with Gasteiger partial charge in [-0.3, -0.25) is 14.9 Å². The van der Waals surface area contributed by atoms with Crippen molar-refractivity contribution in [3.8, 4) is 0 Å². The molecule has 0 aromatic heterocycles. The van der Waals surface area contributed by atoms with Gasteiger partial charge in [0.2, 0.25) is 0 Å². The van der Waals surface area contributed by atoms with Crippen LogP contribution in [-0.4, -0.2) is 28.8 Å². The van der Waals surface area contributed by atoms with E-state index >= 15 is 0 Å². The Kier molecular flexibility index (Phi) is 4.04. The van der Waals surface area contributed by atoms with Gasteiger partial charge in [-0.05, 0) is 30.9 Å². The van der Waals surface area contributed by atoms with E-state index in [0.29, 0.717) is 24.0 Å². The summed E-state index contributed by atoms with van der Waals surface area (Å²) in [6.07, 6.45) is 2.02. The van der Waals surface area contributed by atoms with Crippen LogP contribution < -0.4 is 0 Å². The zero-order valence-corrected chi connectivity index (χ0v) is 11.4. The Labute approximate surface area is 116 Å². The number of nitro benzene ring substituents is 1. The number of hydrogen-bond donors (Lipinski definition) is 0. The molecular weight excluding hydrogens is 268 g/mol. The highest BCUT2D eigenvalue weighted by Gasteiger charge is 2.27. The first-order valence-corrected chi connectivity index (χ1v) is 6.60. The van der Waals surface area contributed by atoms with Crippen molar-refractivity contribution in [1.29, 1.82) is 0 Å². The number of carbonyl (C=O) groups is 1. The standard InChI is InChI=1S/C13H15ClN2O3/c1-9-3-2-6-15(8-9)13(17)11-7-10(14)4-5-12(11)16(18)19/h4-5,7,9H,2-3,6,8H2,1H3/t9-/m1/s1. The van der Waals surface area contributed by atoms with E-state index in [4.69, 9.17) is 11.6 Å². The topological polar surface area (TPSA) is 63.5 Å². The molecule has 1 heterocycles. The van der Waals surface area contributed by atoms with Crippen LogP contribution in [0.1, 0.15) is 30.1 Å². The molecule has 0 saturated carbocycles. The van der Waals surface area contributed by atoms with Gasteiger partial charge in [-0.25, -0.2) is 0 Å². The lowest BCUT2D eigenvalue weighted by atomic mass is 9.99. The molecule has 0 N–H and O–H groups in total. The lowest BCUT2D eigenvalue weighted by molar-refractivity contribution is -0.385. The van der Waals surface area contributed by atoms with E-state index in [1.54, 1.807) is 4.90 Å². The third-order valence-electron chi connectivity index (χ3n) is 3.33. The van der Waals surface area contributed by atoms with Gasteiger partial charge in [0, 0.05) is 24.2 Å². The van der Waals surface area contributed by atoms with Gasteiger partial charge in [-0.15, -0.1) is 0 Å². The zero-order valence-electron chi connectivity index (χ0n) is 10.6. The molecule has 102 valence electrons. The summed E-state index contributed by atoms with van der Waals surface area (Å²) in [5.41, 5.74) is -0.112. The normalized spacial score (nSPS) is 19.3. The maximum absolute atomic E-state index is 12.4. The van der Waals surface area contributed by atoms with E-state index in [1.165, 1.54) is 18.2 Å². The van der Waals surface area contributed by atoms with Crippen LogP contribution in [0.3, 0.4) is 0 Å². The molecule has 1 aliphatic heterocycles. The van der Waals surface area contributed by atoms with Crippen molar-refractivity contribution in [2.24, 2.45) is 5.92 Å². The van der Waals surface area contributed by atoms with E-state index in [9.17, 15) is 14.9 Å². The second-order valence-corrected chi connectivity index (χ2v) is 5.35. The number of piperidine rings is 1. The van der Waals surface area contributed by atoms with Crippen molar-refractivity contribution < 1.29 is 9.72 Å². The highest BCUT2D eigenvalue weighted by molar-refractivity contribution is 6.31. The largest absolute Gasteiger partial charge is 0.338 e. The van der Waals surface area contributed by atoms with E-state index < -0.39 is 4.92 Å². The minimum absolute atomic E-state index is 0.0756. The Morgan fingerprint density at radius 1 is 1.53 bits per heavy atom. The van der Waals surface area contributed by atoms with Crippen LogP contribution in [0, 0.1) is 16.0 Å². The van der Waals surface area contributed by atoms with Gasteiger partial charge in [-0.2, -0.15) is 0 Å². The van der Waals surface area contributed by atoms with Crippen molar-refractivity contribution in [3.05, 3.63) is 38.9 Å². The summed E-state index contributed by atoms with van der Waals surface area (Å²) in [7, 11) is 0. The Morgan fingerprint density at radius 2 is 2.26 bits per heavy atom. The van der Waals surface area contributed by atoms with Crippen LogP contribution in [0.5, 0.6) is 0 Å². The fourth-order valence-electron chi connectivity index (χ4n) is 2.38. The van der Waals surface area contributed by atoms with Crippen molar-refractivity contribution >= 4 is 23.2 Å². The number of nitrogens with zero attached hydrogens (tertiary/aromatic N) is 2. The van der Waals surface area contributed by atoms with Crippen molar-refractivity contribution in [3.63, 3.8) is 0 Å². The van der Waals surface area contributed by atoms with E-state index in [2.05, 4.69) is 6.92 Å². The fourth-order valence-corrected chi connectivity index (χ4v) is 2.56. The minimum Gasteiger partial charge on any atom is -0.338 e. The number of rotatable bonds is 2. The summed E-state index contributed by atoms with van der Waals surface area (Å²) in [6.45, 7) is 3.36. The Bertz CT molecular complexity index is 519. The van der Waals surface area contributed by atoms with Crippen molar-refractivity contribution in [2.45, 2.75) is 19.8 Å². The van der Waals surface area contributed by atoms with Crippen LogP contribution in [-0.2, 0) is 0 Å². The quantitative estimate of drug-likeness (QED) is 0.618. The lowest BCUT2D eigenvalue weighted by Gasteiger charge is -2.30. The number of hydrogen-bond acceptors (Lipinski definition) is 3. The molecule has 19 heavy (non-hydrogen) atoms. The average molecular weight is 283 g/mol. The van der Waals surface area contributed by atoms with Crippen molar-refractivity contribution in [2.75, 3.05) is 13.1 Å². The summed E-state index contributed by atoms with van der Waals surface area (Å²) in [4.78, 5) is 24.5. The van der Waals surface area contributed by atoms with Crippen LogP contribution in [0.4, 0.5) is 5.69 Å². The number of likely N-dealkylation sites (tertiary alicyclic amines) is 1. The number of halogens is 1.